The molecule has 4 heterocycles. The first-order valence-corrected chi connectivity index (χ1v) is 10.3. The van der Waals surface area contributed by atoms with Crippen molar-refractivity contribution in [2.75, 3.05) is 0 Å². The molecule has 32 heavy (non-hydrogen) atoms. The Kier molecular flexibility index (Phi) is 3.98. The fourth-order valence-corrected chi connectivity index (χ4v) is 4.19. The number of aryl methyl sites for hydroxylation is 1. The van der Waals surface area contributed by atoms with E-state index in [0.717, 1.165) is 61.4 Å². The topological polar surface area (TPSA) is 75.2 Å². The summed E-state index contributed by atoms with van der Waals surface area (Å²) in [5.74, 6) is 0.704. The van der Waals surface area contributed by atoms with Gasteiger partial charge in [0.1, 0.15) is 17.3 Å². The lowest BCUT2D eigenvalue weighted by Gasteiger charge is -2.04. The Bertz CT molecular complexity index is 1600. The maximum absolute atomic E-state index is 13.4. The maximum Gasteiger partial charge on any atom is 0.123 e. The average Bonchev–Trinajstić information content (AvgIpc) is 3.50. The molecule has 6 rings (SSSR count). The van der Waals surface area contributed by atoms with E-state index in [9.17, 15) is 4.39 Å². The van der Waals surface area contributed by atoms with Crippen molar-refractivity contribution in [3.05, 3.63) is 78.8 Å². The predicted octanol–water partition coefficient (Wildman–Crippen LogP) is 5.62. The standard InChI is InChI=1S/C25H19FN6/c1-14-28-13-24(32(14)2)16-5-8-21-19(9-16)25(31-30-21)22-10-18-20(11-27-12-23(18)29-22)15-3-6-17(26)7-4-15/h3-13,29H,1-2H3,(H,30,31). The maximum atomic E-state index is 13.4. The van der Waals surface area contributed by atoms with Gasteiger partial charge in [0.15, 0.2) is 0 Å². The lowest BCUT2D eigenvalue weighted by Crippen LogP contribution is -1.94. The molecule has 6 nitrogen and oxygen atoms in total. The molecule has 0 spiro atoms. The zero-order valence-electron chi connectivity index (χ0n) is 17.5. The molecule has 0 saturated carbocycles. The van der Waals surface area contributed by atoms with Gasteiger partial charge < -0.3 is 9.55 Å². The van der Waals surface area contributed by atoms with E-state index in [-0.39, 0.29) is 5.82 Å². The second kappa shape index (κ2) is 6.88. The molecule has 0 saturated heterocycles. The Labute approximate surface area is 182 Å². The number of hydrogen-bond donors (Lipinski definition) is 2. The van der Waals surface area contributed by atoms with Crippen molar-refractivity contribution in [2.24, 2.45) is 7.05 Å². The van der Waals surface area contributed by atoms with Gasteiger partial charge >= 0.3 is 0 Å². The fourth-order valence-electron chi connectivity index (χ4n) is 4.19. The number of halogens is 1. The summed E-state index contributed by atoms with van der Waals surface area (Å²) in [6, 6.07) is 14.8. The first-order chi connectivity index (χ1) is 15.6. The average molecular weight is 422 g/mol. The highest BCUT2D eigenvalue weighted by atomic mass is 19.1. The summed E-state index contributed by atoms with van der Waals surface area (Å²) in [6.07, 6.45) is 5.49. The van der Waals surface area contributed by atoms with Crippen LogP contribution in [0, 0.1) is 12.7 Å². The molecule has 0 bridgehead atoms. The third kappa shape index (κ3) is 2.82. The second-order valence-corrected chi connectivity index (χ2v) is 7.92. The van der Waals surface area contributed by atoms with Crippen molar-refractivity contribution < 1.29 is 4.39 Å². The molecule has 4 aromatic heterocycles. The quantitative estimate of drug-likeness (QED) is 0.389. The van der Waals surface area contributed by atoms with Gasteiger partial charge in [-0.25, -0.2) is 9.37 Å². The first kappa shape index (κ1) is 18.5. The van der Waals surface area contributed by atoms with Crippen molar-refractivity contribution in [1.29, 1.82) is 0 Å². The predicted molar refractivity (Wildman–Crippen MR) is 124 cm³/mol. The van der Waals surface area contributed by atoms with Crippen LogP contribution < -0.4 is 0 Å². The molecule has 0 unspecified atom stereocenters. The Hall–Kier alpha value is -4.26. The second-order valence-electron chi connectivity index (χ2n) is 7.92. The summed E-state index contributed by atoms with van der Waals surface area (Å²) in [7, 11) is 2.01. The molecule has 2 N–H and O–H groups in total. The van der Waals surface area contributed by atoms with E-state index in [1.165, 1.54) is 12.1 Å². The van der Waals surface area contributed by atoms with E-state index in [2.05, 4.69) is 47.9 Å². The minimum Gasteiger partial charge on any atom is -0.352 e. The van der Waals surface area contributed by atoms with Gasteiger partial charge in [0.25, 0.3) is 0 Å². The van der Waals surface area contributed by atoms with Gasteiger partial charge in [0.2, 0.25) is 0 Å². The Balaban J connectivity index is 1.51. The highest BCUT2D eigenvalue weighted by molar-refractivity contribution is 6.01. The van der Waals surface area contributed by atoms with Crippen molar-refractivity contribution in [3.8, 4) is 33.8 Å². The Morgan fingerprint density at radius 3 is 2.47 bits per heavy atom. The fraction of sp³-hybridized carbons (Fsp3) is 0.0800. The van der Waals surface area contributed by atoms with Gasteiger partial charge in [0, 0.05) is 35.1 Å². The minimum absolute atomic E-state index is 0.258. The highest BCUT2D eigenvalue weighted by Crippen LogP contribution is 2.34. The van der Waals surface area contributed by atoms with Crippen LogP contribution in [0.5, 0.6) is 0 Å². The Morgan fingerprint density at radius 2 is 1.69 bits per heavy atom. The summed E-state index contributed by atoms with van der Waals surface area (Å²) in [4.78, 5) is 12.2. The number of aromatic amines is 2. The number of aromatic nitrogens is 6. The number of fused-ring (bicyclic) bond motifs is 2. The van der Waals surface area contributed by atoms with Gasteiger partial charge in [-0.15, -0.1) is 0 Å². The van der Waals surface area contributed by atoms with Gasteiger partial charge in [-0.2, -0.15) is 5.10 Å². The number of H-pyrrole nitrogens is 2. The molecule has 0 radical (unpaired) electrons. The SMILES string of the molecule is Cc1ncc(-c2ccc3[nH]nc(-c4cc5c(-c6ccc(F)cc6)cncc5[nH]4)c3c2)n1C. The monoisotopic (exact) mass is 422 g/mol. The molecular weight excluding hydrogens is 403 g/mol. The molecule has 7 heteroatoms. The van der Waals surface area contributed by atoms with E-state index in [1.807, 2.05) is 26.2 Å². The highest BCUT2D eigenvalue weighted by Gasteiger charge is 2.15. The van der Waals surface area contributed by atoms with Crippen LogP contribution in [0.1, 0.15) is 5.82 Å². The molecule has 156 valence electrons. The molecule has 6 aromatic rings. The van der Waals surface area contributed by atoms with Crippen LogP contribution >= 0.6 is 0 Å². The number of nitrogens with zero attached hydrogens (tertiary/aromatic N) is 4. The van der Waals surface area contributed by atoms with Gasteiger partial charge in [0.05, 0.1) is 34.8 Å². The summed E-state index contributed by atoms with van der Waals surface area (Å²) in [5, 5.41) is 9.75. The first-order valence-electron chi connectivity index (χ1n) is 10.3. The van der Waals surface area contributed by atoms with Gasteiger partial charge in [-0.1, -0.05) is 18.2 Å². The van der Waals surface area contributed by atoms with Crippen molar-refractivity contribution in [1.82, 2.24) is 29.7 Å². The smallest absolute Gasteiger partial charge is 0.123 e. The van der Waals surface area contributed by atoms with Crippen molar-refractivity contribution in [2.45, 2.75) is 6.92 Å². The molecule has 0 amide bonds. The van der Waals surface area contributed by atoms with Crippen LogP contribution in [0.3, 0.4) is 0 Å². The van der Waals surface area contributed by atoms with E-state index in [0.29, 0.717) is 0 Å². The van der Waals surface area contributed by atoms with Crippen molar-refractivity contribution in [3.63, 3.8) is 0 Å². The zero-order valence-corrected chi connectivity index (χ0v) is 17.5. The number of benzene rings is 2. The van der Waals surface area contributed by atoms with Crippen LogP contribution in [0.15, 0.2) is 67.1 Å². The van der Waals surface area contributed by atoms with Gasteiger partial charge in [-0.05, 0) is 42.8 Å². The van der Waals surface area contributed by atoms with E-state index >= 15 is 0 Å². The van der Waals surface area contributed by atoms with E-state index < -0.39 is 0 Å². The third-order valence-electron chi connectivity index (χ3n) is 6.04. The largest absolute Gasteiger partial charge is 0.352 e. The number of pyridine rings is 1. The molecule has 0 fully saturated rings. The summed E-state index contributed by atoms with van der Waals surface area (Å²) < 4.78 is 15.5. The summed E-state index contributed by atoms with van der Waals surface area (Å²) in [5.41, 5.74) is 7.56. The van der Waals surface area contributed by atoms with E-state index in [1.54, 1.807) is 24.5 Å². The molecule has 2 aromatic carbocycles. The number of rotatable bonds is 3. The number of nitrogens with one attached hydrogen (secondary N) is 2. The summed E-state index contributed by atoms with van der Waals surface area (Å²) >= 11 is 0. The lowest BCUT2D eigenvalue weighted by molar-refractivity contribution is 0.628. The number of imidazole rings is 1. The molecule has 0 atom stereocenters. The lowest BCUT2D eigenvalue weighted by atomic mass is 10.0. The summed E-state index contributed by atoms with van der Waals surface area (Å²) in [6.45, 7) is 1.99. The molecule has 0 aliphatic heterocycles. The van der Waals surface area contributed by atoms with Gasteiger partial charge in [-0.3, -0.25) is 10.1 Å². The van der Waals surface area contributed by atoms with Crippen LogP contribution in [-0.4, -0.2) is 29.7 Å². The normalized spacial score (nSPS) is 11.6. The van der Waals surface area contributed by atoms with Crippen LogP contribution in [-0.2, 0) is 7.05 Å². The van der Waals surface area contributed by atoms with Crippen LogP contribution in [0.25, 0.3) is 55.6 Å². The van der Waals surface area contributed by atoms with Crippen LogP contribution in [0.2, 0.25) is 0 Å². The minimum atomic E-state index is -0.258. The zero-order chi connectivity index (χ0) is 21.8. The third-order valence-corrected chi connectivity index (χ3v) is 6.04. The van der Waals surface area contributed by atoms with Crippen molar-refractivity contribution >= 4 is 21.8 Å². The Morgan fingerprint density at radius 1 is 0.875 bits per heavy atom. The molecular formula is C25H19FN6. The number of hydrogen-bond acceptors (Lipinski definition) is 3. The molecule has 0 aliphatic rings. The van der Waals surface area contributed by atoms with E-state index in [4.69, 9.17) is 0 Å². The van der Waals surface area contributed by atoms with Crippen LogP contribution in [0.4, 0.5) is 4.39 Å². The molecule has 0 aliphatic carbocycles.